The third-order valence-electron chi connectivity index (χ3n) is 3.95. The third kappa shape index (κ3) is 2.91. The van der Waals surface area contributed by atoms with Gasteiger partial charge in [-0.2, -0.15) is 15.0 Å². The first-order chi connectivity index (χ1) is 12.5. The SMILES string of the molecule is COc1cccc2c(C)cc(-n3ncc(C#N)c3NC(=O)N(C)C)nc12. The number of fused-ring (bicyclic) bond motifs is 1. The fraction of sp³-hybridized carbons (Fsp3) is 0.222. The van der Waals surface area contributed by atoms with Gasteiger partial charge >= 0.3 is 6.03 Å². The second kappa shape index (κ2) is 6.72. The van der Waals surface area contributed by atoms with Crippen molar-refractivity contribution in [1.82, 2.24) is 19.7 Å². The molecule has 1 aromatic carbocycles. The Morgan fingerprint density at radius 1 is 1.38 bits per heavy atom. The van der Waals surface area contributed by atoms with Crippen LogP contribution < -0.4 is 10.1 Å². The van der Waals surface area contributed by atoms with Crippen molar-refractivity contribution >= 4 is 22.8 Å². The molecule has 0 atom stereocenters. The number of anilines is 1. The number of nitriles is 1. The average molecular weight is 350 g/mol. The van der Waals surface area contributed by atoms with Crippen LogP contribution in [0.3, 0.4) is 0 Å². The van der Waals surface area contributed by atoms with Gasteiger partial charge in [0.15, 0.2) is 11.6 Å². The molecular formula is C18H18N6O2. The van der Waals surface area contributed by atoms with E-state index >= 15 is 0 Å². The maximum absolute atomic E-state index is 12.1. The smallest absolute Gasteiger partial charge is 0.322 e. The number of hydrogen-bond acceptors (Lipinski definition) is 5. The maximum Gasteiger partial charge on any atom is 0.322 e. The Balaban J connectivity index is 2.20. The molecule has 0 saturated carbocycles. The van der Waals surface area contributed by atoms with E-state index in [1.165, 1.54) is 15.8 Å². The number of para-hydroxylation sites is 1. The maximum atomic E-state index is 12.1. The van der Waals surface area contributed by atoms with Gasteiger partial charge in [-0.1, -0.05) is 12.1 Å². The van der Waals surface area contributed by atoms with E-state index in [1.54, 1.807) is 21.2 Å². The summed E-state index contributed by atoms with van der Waals surface area (Å²) in [5, 5.41) is 17.2. The minimum absolute atomic E-state index is 0.250. The number of nitrogens with zero attached hydrogens (tertiary/aromatic N) is 5. The molecule has 0 unspecified atom stereocenters. The molecule has 8 nitrogen and oxygen atoms in total. The lowest BCUT2D eigenvalue weighted by Gasteiger charge is -2.14. The summed E-state index contributed by atoms with van der Waals surface area (Å²) < 4.78 is 6.85. The molecule has 3 rings (SSSR count). The zero-order valence-corrected chi connectivity index (χ0v) is 14.9. The van der Waals surface area contributed by atoms with Crippen LogP contribution in [0.5, 0.6) is 5.75 Å². The molecule has 1 N–H and O–H groups in total. The van der Waals surface area contributed by atoms with Crippen molar-refractivity contribution in [3.63, 3.8) is 0 Å². The first kappa shape index (κ1) is 17.2. The Morgan fingerprint density at radius 2 is 2.15 bits per heavy atom. The normalized spacial score (nSPS) is 10.4. The largest absolute Gasteiger partial charge is 0.494 e. The number of rotatable bonds is 3. The number of urea groups is 1. The highest BCUT2D eigenvalue weighted by Crippen LogP contribution is 2.29. The number of pyridine rings is 1. The number of benzene rings is 1. The molecule has 0 spiro atoms. The van der Waals surface area contributed by atoms with E-state index in [-0.39, 0.29) is 17.4 Å². The van der Waals surface area contributed by atoms with E-state index in [0.717, 1.165) is 10.9 Å². The summed E-state index contributed by atoms with van der Waals surface area (Å²) in [6.07, 6.45) is 1.40. The summed E-state index contributed by atoms with van der Waals surface area (Å²) in [7, 11) is 4.82. The highest BCUT2D eigenvalue weighted by atomic mass is 16.5. The summed E-state index contributed by atoms with van der Waals surface area (Å²) in [5.41, 5.74) is 1.91. The van der Waals surface area contributed by atoms with E-state index in [2.05, 4.69) is 15.4 Å². The number of carbonyl (C=O) groups is 1. The van der Waals surface area contributed by atoms with Gasteiger partial charge in [0.05, 0.1) is 13.3 Å². The number of methoxy groups -OCH3 is 1. The Labute approximate surface area is 150 Å². The van der Waals surface area contributed by atoms with Gasteiger partial charge in [0.25, 0.3) is 0 Å². The van der Waals surface area contributed by atoms with Crippen LogP contribution >= 0.6 is 0 Å². The Kier molecular flexibility index (Phi) is 4.45. The molecule has 0 saturated heterocycles. The van der Waals surface area contributed by atoms with Crippen molar-refractivity contribution in [3.05, 3.63) is 41.6 Å². The lowest BCUT2D eigenvalue weighted by molar-refractivity contribution is 0.230. The summed E-state index contributed by atoms with van der Waals surface area (Å²) in [6, 6.07) is 9.22. The Bertz CT molecular complexity index is 1030. The van der Waals surface area contributed by atoms with Gasteiger partial charge in [-0.3, -0.25) is 5.32 Å². The van der Waals surface area contributed by atoms with Crippen LogP contribution in [0.25, 0.3) is 16.7 Å². The number of carbonyl (C=O) groups excluding carboxylic acids is 1. The second-order valence-electron chi connectivity index (χ2n) is 5.91. The molecule has 0 aliphatic carbocycles. The standard InChI is InChI=1S/C18H18N6O2/c1-11-8-15(21-16-13(11)6-5-7-14(16)26-4)24-17(12(9-19)10-20-24)22-18(25)23(2)3/h5-8,10H,1-4H3,(H,22,25). The number of hydrogen-bond donors (Lipinski definition) is 1. The molecule has 132 valence electrons. The molecule has 26 heavy (non-hydrogen) atoms. The highest BCUT2D eigenvalue weighted by Gasteiger charge is 2.18. The molecule has 0 aliphatic heterocycles. The van der Waals surface area contributed by atoms with Crippen molar-refractivity contribution in [1.29, 1.82) is 5.26 Å². The van der Waals surface area contributed by atoms with Crippen LogP contribution in [-0.4, -0.2) is 46.9 Å². The summed E-state index contributed by atoms with van der Waals surface area (Å²) in [4.78, 5) is 18.1. The Morgan fingerprint density at radius 3 is 2.81 bits per heavy atom. The Hall–Kier alpha value is -3.60. The van der Waals surface area contributed by atoms with Crippen LogP contribution in [0, 0.1) is 18.3 Å². The van der Waals surface area contributed by atoms with Gasteiger partial charge in [-0.25, -0.2) is 9.78 Å². The predicted octanol–water partition coefficient (Wildman–Crippen LogP) is 2.70. The fourth-order valence-corrected chi connectivity index (χ4v) is 2.58. The lowest BCUT2D eigenvalue weighted by atomic mass is 10.1. The molecule has 0 radical (unpaired) electrons. The molecule has 0 aliphatic rings. The number of nitrogens with one attached hydrogen (secondary N) is 1. The highest BCUT2D eigenvalue weighted by molar-refractivity contribution is 5.90. The summed E-state index contributed by atoms with van der Waals surface area (Å²) >= 11 is 0. The molecule has 3 aromatic rings. The third-order valence-corrected chi connectivity index (χ3v) is 3.95. The number of ether oxygens (including phenoxy) is 1. The van der Waals surface area contributed by atoms with Crippen molar-refractivity contribution < 1.29 is 9.53 Å². The van der Waals surface area contributed by atoms with Crippen LogP contribution in [0.1, 0.15) is 11.1 Å². The minimum atomic E-state index is -0.363. The summed E-state index contributed by atoms with van der Waals surface area (Å²) in [5.74, 6) is 1.39. The molecule has 0 fully saturated rings. The quantitative estimate of drug-likeness (QED) is 0.783. The molecule has 2 aromatic heterocycles. The van der Waals surface area contributed by atoms with E-state index in [9.17, 15) is 10.1 Å². The zero-order valence-electron chi connectivity index (χ0n) is 14.9. The monoisotopic (exact) mass is 350 g/mol. The fourth-order valence-electron chi connectivity index (χ4n) is 2.58. The van der Waals surface area contributed by atoms with E-state index in [0.29, 0.717) is 17.1 Å². The molecule has 8 heteroatoms. The van der Waals surface area contributed by atoms with Gasteiger partial charge in [-0.05, 0) is 24.6 Å². The van der Waals surface area contributed by atoms with Crippen LogP contribution in [0.2, 0.25) is 0 Å². The van der Waals surface area contributed by atoms with E-state index in [4.69, 9.17) is 4.74 Å². The topological polar surface area (TPSA) is 96.1 Å². The second-order valence-corrected chi connectivity index (χ2v) is 5.91. The van der Waals surface area contributed by atoms with Crippen LogP contribution in [-0.2, 0) is 0 Å². The number of aryl methyl sites for hydroxylation is 1. The summed E-state index contributed by atoms with van der Waals surface area (Å²) in [6.45, 7) is 1.96. The van der Waals surface area contributed by atoms with Gasteiger partial charge in [0, 0.05) is 19.5 Å². The first-order valence-corrected chi connectivity index (χ1v) is 7.87. The predicted molar refractivity (Wildman–Crippen MR) is 97.6 cm³/mol. The molecular weight excluding hydrogens is 332 g/mol. The molecule has 0 bridgehead atoms. The molecule has 2 heterocycles. The minimum Gasteiger partial charge on any atom is -0.494 e. The van der Waals surface area contributed by atoms with Crippen LogP contribution in [0.4, 0.5) is 10.6 Å². The van der Waals surface area contributed by atoms with Crippen molar-refractivity contribution in [2.24, 2.45) is 0 Å². The van der Waals surface area contributed by atoms with Crippen molar-refractivity contribution in [2.45, 2.75) is 6.92 Å². The van der Waals surface area contributed by atoms with Gasteiger partial charge in [-0.15, -0.1) is 0 Å². The van der Waals surface area contributed by atoms with Gasteiger partial charge < -0.3 is 9.64 Å². The van der Waals surface area contributed by atoms with Crippen molar-refractivity contribution in [2.75, 3.05) is 26.5 Å². The number of aromatic nitrogens is 3. The number of amides is 2. The van der Waals surface area contributed by atoms with E-state index < -0.39 is 0 Å². The van der Waals surface area contributed by atoms with Crippen molar-refractivity contribution in [3.8, 4) is 17.6 Å². The van der Waals surface area contributed by atoms with E-state index in [1.807, 2.05) is 37.3 Å². The molecule has 2 amide bonds. The van der Waals surface area contributed by atoms with Gasteiger partial charge in [0.2, 0.25) is 0 Å². The average Bonchev–Trinajstić information content (AvgIpc) is 3.03. The lowest BCUT2D eigenvalue weighted by Crippen LogP contribution is -2.28. The van der Waals surface area contributed by atoms with Gasteiger partial charge in [0.1, 0.15) is 22.9 Å². The van der Waals surface area contributed by atoms with Crippen LogP contribution in [0.15, 0.2) is 30.5 Å². The zero-order chi connectivity index (χ0) is 18.8. The first-order valence-electron chi connectivity index (χ1n) is 7.87.